The van der Waals surface area contributed by atoms with Gasteiger partial charge in [-0.1, -0.05) is 245 Å². The molecule has 25 heteroatoms. The predicted molar refractivity (Wildman–Crippen MR) is 408 cm³/mol. The van der Waals surface area contributed by atoms with Gasteiger partial charge in [0, 0.05) is 55.2 Å². The average Bonchev–Trinajstić information content (AvgIpc) is 3.23. The largest absolute Gasteiger partial charge is 0.478 e. The average molecular weight is 1390 g/mol. The fraction of sp³-hybridized carbons (Fsp3) is 0.873. The van der Waals surface area contributed by atoms with Crippen LogP contribution in [0.5, 0.6) is 0 Å². The number of rotatable bonds is 9. The molecule has 9 aliphatic rings. The number of thioether (sulfide) groups is 1. The van der Waals surface area contributed by atoms with Gasteiger partial charge in [-0.3, -0.25) is 20.8 Å². The van der Waals surface area contributed by atoms with E-state index in [9.17, 15) is 0 Å². The highest BCUT2D eigenvalue weighted by Crippen LogP contribution is 2.26. The molecule has 0 aromatic carbocycles. The lowest BCUT2D eigenvalue weighted by atomic mass is 10.0. The number of nitrogens with one attached hydrogen (secondary N) is 3. The number of hydrogen-bond donors (Lipinski definition) is 3. The van der Waals surface area contributed by atoms with Crippen LogP contribution < -0.4 is 16.4 Å². The minimum absolute atomic E-state index is 0.0117. The van der Waals surface area contributed by atoms with Gasteiger partial charge in [0.2, 0.25) is 24.6 Å². The molecule has 0 amide bonds. The van der Waals surface area contributed by atoms with E-state index in [-0.39, 0.29) is 30.2 Å². The molecular weight excluding hydrogens is 1240 g/mol. The van der Waals surface area contributed by atoms with Crippen molar-refractivity contribution >= 4 is 64.5 Å². The van der Waals surface area contributed by atoms with Gasteiger partial charge in [0.1, 0.15) is 42.6 Å². The van der Waals surface area contributed by atoms with E-state index in [0.29, 0.717) is 85.6 Å². The van der Waals surface area contributed by atoms with Crippen molar-refractivity contribution in [1.29, 1.82) is 0 Å². The van der Waals surface area contributed by atoms with E-state index in [1.807, 2.05) is 132 Å². The Hall–Kier alpha value is -5.30. The van der Waals surface area contributed by atoms with E-state index in [2.05, 4.69) is 159 Å². The van der Waals surface area contributed by atoms with Crippen molar-refractivity contribution in [2.24, 2.45) is 99.3 Å². The van der Waals surface area contributed by atoms with Crippen LogP contribution in [0.25, 0.3) is 0 Å². The molecule has 96 heavy (non-hydrogen) atoms. The fourth-order valence-corrected chi connectivity index (χ4v) is 7.42. The summed E-state index contributed by atoms with van der Waals surface area (Å²) < 4.78 is 20.5. The number of nitrogens with zero attached hydrogens (tertiary/aromatic N) is 9. The smallest absolute Gasteiger partial charge is 0.264 e. The van der Waals surface area contributed by atoms with Gasteiger partial charge in [-0.05, 0) is 81.2 Å². The Morgan fingerprint density at radius 2 is 1.05 bits per heavy atom. The topological polar surface area (TPSA) is 258 Å². The molecular formula is C71H148N12O12S. The van der Waals surface area contributed by atoms with Crippen LogP contribution >= 0.6 is 11.8 Å². The van der Waals surface area contributed by atoms with Crippen molar-refractivity contribution in [3.05, 3.63) is 0 Å². The van der Waals surface area contributed by atoms with Crippen LogP contribution in [-0.2, 0) is 57.6 Å². The second-order valence-corrected chi connectivity index (χ2v) is 24.6. The van der Waals surface area contributed by atoms with Crippen molar-refractivity contribution in [1.82, 2.24) is 16.4 Å². The van der Waals surface area contributed by atoms with Gasteiger partial charge >= 0.3 is 0 Å². The van der Waals surface area contributed by atoms with E-state index >= 15 is 0 Å². The van der Waals surface area contributed by atoms with E-state index in [1.165, 1.54) is 49.9 Å². The number of hydrogen-bond acceptors (Lipinski definition) is 25. The number of amidine groups is 2. The molecule has 0 bridgehead atoms. The second-order valence-electron chi connectivity index (χ2n) is 23.2. The lowest BCUT2D eigenvalue weighted by Crippen LogP contribution is -2.33. The van der Waals surface area contributed by atoms with Gasteiger partial charge in [0.25, 0.3) is 6.29 Å². The molecule has 570 valence electrons. The highest BCUT2D eigenvalue weighted by Gasteiger charge is 2.21. The number of hydrazone groups is 1. The van der Waals surface area contributed by atoms with Crippen molar-refractivity contribution in [2.75, 3.05) is 52.7 Å². The quantitative estimate of drug-likeness (QED) is 0.194. The molecule has 9 rings (SSSR count). The summed E-state index contributed by atoms with van der Waals surface area (Å²) in [5, 5.41) is 27.9. The SMILES string of the molecule is CC.CC.CC.CC.CC.CC.CC(C)C1=NCCON1.CC(C)C1=NNCCCC1.CC(C)C1=NOCCCC1.CC(C)C1=NOCCCO1.CC(C)C1COC=NO1.CC(C)C1CON=CO1.CC1N=C(C(C)C)NO1.CC1ON=C(C(C)C)O1.CC1ON=C(C(C)C)S1. The molecule has 0 radical (unpaired) electrons. The Kier molecular flexibility index (Phi) is 75.2. The molecule has 0 aromatic rings. The zero-order chi connectivity index (χ0) is 74.8. The molecule has 5 atom stereocenters. The molecule has 9 heterocycles. The monoisotopic (exact) mass is 1390 g/mol. The van der Waals surface area contributed by atoms with Gasteiger partial charge < -0.3 is 53.4 Å². The first-order chi connectivity index (χ1) is 45.9. The maximum absolute atomic E-state index is 5.29. The van der Waals surface area contributed by atoms with Crippen molar-refractivity contribution < 1.29 is 57.6 Å². The summed E-state index contributed by atoms with van der Waals surface area (Å²) in [6, 6.07) is 0. The van der Waals surface area contributed by atoms with Crippen molar-refractivity contribution in [3.8, 4) is 0 Å². The first-order valence-electron chi connectivity index (χ1n) is 36.5. The minimum atomic E-state index is -0.192. The standard InChI is InChI=1S/C8H16N2.C8H15NO.C7H13NO2.2C6H12N2O.3C6H11NO2.C6H11NOS.6C2H6/c1-7(2)8-5-3-4-6-9-10-8;1-7(2)8-5-3-4-6-10-9-8;1-6(2)7-8-10-5-3-4-9-7;1-5(2)6-7-3-4-9-8-6;1-4(2)6-7-5(3)9-8-6;1-5(2)6-3-9-7-4-8-6;1-5(2)6-3-8-4-7-9-6;1-4(2)6-7-9-5(3)8-6;1-4(2)6-7-8-5(3)9-6;6*1-2/h7,9H,3-6H2,1-2H3;7H,3-6H2,1-2H3;6H,3-5H2,1-2H3;5H,3-4H2,1-2H3,(H,7,8);4-5H,1-3H3,(H,7,8);2*4-6H,3H2,1-2H3;2*4-5H,1-3H3;6*1-2H3. The van der Waals surface area contributed by atoms with Gasteiger partial charge in [-0.25, -0.2) is 9.83 Å². The fourth-order valence-electron chi connectivity index (χ4n) is 6.64. The lowest BCUT2D eigenvalue weighted by Gasteiger charge is -2.20. The number of ether oxygens (including phenoxy) is 4. The molecule has 0 fully saturated rings. The Bertz CT molecular complexity index is 1880. The third kappa shape index (κ3) is 57.7. The van der Waals surface area contributed by atoms with Crippen LogP contribution in [-0.4, -0.2) is 136 Å². The van der Waals surface area contributed by atoms with Crippen LogP contribution in [0.3, 0.4) is 0 Å². The van der Waals surface area contributed by atoms with Gasteiger partial charge in [0.15, 0.2) is 24.4 Å². The predicted octanol–water partition coefficient (Wildman–Crippen LogP) is 18.4. The summed E-state index contributed by atoms with van der Waals surface area (Å²) in [5.41, 5.74) is 11.4. The highest BCUT2D eigenvalue weighted by molar-refractivity contribution is 8.14. The van der Waals surface area contributed by atoms with Crippen molar-refractivity contribution in [3.63, 3.8) is 0 Å². The molecule has 0 spiro atoms. The molecule has 9 aliphatic heterocycles. The first-order valence-corrected chi connectivity index (χ1v) is 37.4. The first kappa shape index (κ1) is 102. The molecule has 5 unspecified atom stereocenters. The minimum Gasteiger partial charge on any atom is -0.478 e. The second kappa shape index (κ2) is 71.0. The molecule has 0 saturated carbocycles. The lowest BCUT2D eigenvalue weighted by molar-refractivity contribution is -0.0331. The van der Waals surface area contributed by atoms with Crippen LogP contribution in [0.2, 0.25) is 0 Å². The van der Waals surface area contributed by atoms with Crippen LogP contribution in [0.15, 0.2) is 46.0 Å². The third-order valence-corrected chi connectivity index (χ3v) is 13.3. The number of aliphatic imine (C=N–C) groups is 2. The normalized spacial score (nSPS) is 20.3. The third-order valence-electron chi connectivity index (χ3n) is 12.1. The summed E-state index contributed by atoms with van der Waals surface area (Å²) in [6.45, 7) is 73.4. The van der Waals surface area contributed by atoms with E-state index in [1.54, 1.807) is 11.8 Å². The van der Waals surface area contributed by atoms with Crippen LogP contribution in [0.1, 0.15) is 273 Å². The summed E-state index contributed by atoms with van der Waals surface area (Å²) in [6.07, 6.45) is 11.0. The van der Waals surface area contributed by atoms with E-state index in [4.69, 9.17) is 57.6 Å². The van der Waals surface area contributed by atoms with Crippen LogP contribution in [0, 0.1) is 53.3 Å². The molecule has 0 aromatic heterocycles. The number of oxime groups is 6. The van der Waals surface area contributed by atoms with Gasteiger partial charge in [-0.2, -0.15) is 5.10 Å². The highest BCUT2D eigenvalue weighted by atomic mass is 32.2. The van der Waals surface area contributed by atoms with Gasteiger partial charge in [-0.15, -0.1) is 0 Å². The zero-order valence-corrected chi connectivity index (χ0v) is 68.0. The Morgan fingerprint density at radius 1 is 0.479 bits per heavy atom. The Morgan fingerprint density at radius 3 is 1.43 bits per heavy atom. The van der Waals surface area contributed by atoms with E-state index < -0.39 is 0 Å². The number of hydroxylamine groups is 2. The molecule has 3 N–H and O–H groups in total. The summed E-state index contributed by atoms with van der Waals surface area (Å²) in [5.74, 6) is 7.53. The maximum atomic E-state index is 5.29. The van der Waals surface area contributed by atoms with Gasteiger partial charge in [0.05, 0.1) is 25.5 Å². The summed E-state index contributed by atoms with van der Waals surface area (Å²) >= 11 is 1.70. The molecule has 0 aliphatic carbocycles. The van der Waals surface area contributed by atoms with Crippen LogP contribution in [0.4, 0.5) is 0 Å². The van der Waals surface area contributed by atoms with E-state index in [0.717, 1.165) is 68.2 Å². The Balaban J connectivity index is -0.000000233. The maximum Gasteiger partial charge on any atom is 0.264 e. The summed E-state index contributed by atoms with van der Waals surface area (Å²) in [4.78, 5) is 47.8. The molecule has 24 nitrogen and oxygen atoms in total. The van der Waals surface area contributed by atoms with Crippen molar-refractivity contribution in [2.45, 2.75) is 304 Å². The summed E-state index contributed by atoms with van der Waals surface area (Å²) in [7, 11) is 0. The zero-order valence-electron chi connectivity index (χ0n) is 67.2. The Labute approximate surface area is 591 Å². The molecule has 0 saturated heterocycles.